The summed E-state index contributed by atoms with van der Waals surface area (Å²) in [7, 11) is 0. The molecule has 1 N–H and O–H groups in total. The van der Waals surface area contributed by atoms with Gasteiger partial charge in [0.15, 0.2) is 11.0 Å². The van der Waals surface area contributed by atoms with Gasteiger partial charge in [-0.2, -0.15) is 0 Å². The van der Waals surface area contributed by atoms with E-state index in [1.165, 1.54) is 0 Å². The Balaban J connectivity index is 2.09. The molecule has 82 valence electrons. The van der Waals surface area contributed by atoms with Gasteiger partial charge in [-0.05, 0) is 11.6 Å². The van der Waals surface area contributed by atoms with Crippen molar-refractivity contribution in [1.82, 2.24) is 9.97 Å². The first-order valence-corrected chi connectivity index (χ1v) is 5.88. The highest BCUT2D eigenvalue weighted by Gasteiger charge is 2.02. The Hall–Kier alpha value is -1.13. The second-order valence-corrected chi connectivity index (χ2v) is 4.35. The maximum absolute atomic E-state index is 5.88. The van der Waals surface area contributed by atoms with Crippen LogP contribution in [0.5, 0.6) is 0 Å². The van der Waals surface area contributed by atoms with E-state index in [9.17, 15) is 0 Å². The van der Waals surface area contributed by atoms with E-state index in [-0.39, 0.29) is 0 Å². The molecule has 0 amide bonds. The molecule has 0 atom stereocenters. The highest BCUT2D eigenvalue weighted by Crippen LogP contribution is 2.19. The van der Waals surface area contributed by atoms with E-state index >= 15 is 0 Å². The van der Waals surface area contributed by atoms with Gasteiger partial charge in [0.1, 0.15) is 0 Å². The van der Waals surface area contributed by atoms with E-state index in [1.807, 2.05) is 24.3 Å². The maximum atomic E-state index is 5.88. The van der Waals surface area contributed by atoms with Gasteiger partial charge < -0.3 is 5.32 Å². The molecule has 0 spiro atoms. The molecule has 2 rings (SSSR count). The number of nitrogens with zero attached hydrogens (tertiary/aromatic N) is 2. The number of anilines is 1. The van der Waals surface area contributed by atoms with Crippen LogP contribution in [0.15, 0.2) is 41.1 Å². The standard InChI is InChI=1S/C11H9BrClN3/c12-9-4-2-1-3-8(9)7-16-11-10(13)14-5-6-15-11/h1-6H,7H2,(H,15,16). The largest absolute Gasteiger partial charge is 0.363 e. The van der Waals surface area contributed by atoms with Crippen LogP contribution in [-0.4, -0.2) is 9.97 Å². The third kappa shape index (κ3) is 2.71. The van der Waals surface area contributed by atoms with Gasteiger partial charge in [-0.25, -0.2) is 9.97 Å². The van der Waals surface area contributed by atoms with Crippen LogP contribution < -0.4 is 5.32 Å². The average molecular weight is 299 g/mol. The van der Waals surface area contributed by atoms with Gasteiger partial charge >= 0.3 is 0 Å². The quantitative estimate of drug-likeness (QED) is 0.942. The number of hydrogen-bond acceptors (Lipinski definition) is 3. The van der Waals surface area contributed by atoms with Gasteiger partial charge in [0.2, 0.25) is 0 Å². The molecule has 16 heavy (non-hydrogen) atoms. The lowest BCUT2D eigenvalue weighted by molar-refractivity contribution is 1.08. The Kier molecular flexibility index (Phi) is 3.74. The summed E-state index contributed by atoms with van der Waals surface area (Å²) >= 11 is 9.36. The van der Waals surface area contributed by atoms with Crippen molar-refractivity contribution in [2.24, 2.45) is 0 Å². The molecule has 1 heterocycles. The maximum Gasteiger partial charge on any atom is 0.171 e. The normalized spacial score (nSPS) is 10.1. The molecule has 0 saturated carbocycles. The highest BCUT2D eigenvalue weighted by molar-refractivity contribution is 9.10. The number of benzene rings is 1. The second kappa shape index (κ2) is 5.27. The summed E-state index contributed by atoms with van der Waals surface area (Å²) in [6.45, 7) is 0.653. The Morgan fingerprint density at radius 3 is 2.69 bits per heavy atom. The molecule has 1 aromatic heterocycles. The van der Waals surface area contributed by atoms with E-state index in [0.29, 0.717) is 17.5 Å². The van der Waals surface area contributed by atoms with Crippen molar-refractivity contribution in [3.63, 3.8) is 0 Å². The van der Waals surface area contributed by atoms with Crippen molar-refractivity contribution in [1.29, 1.82) is 0 Å². The van der Waals surface area contributed by atoms with Crippen LogP contribution in [0, 0.1) is 0 Å². The van der Waals surface area contributed by atoms with Crippen LogP contribution >= 0.6 is 27.5 Å². The molecule has 2 aromatic rings. The predicted octanol–water partition coefficient (Wildman–Crippen LogP) is 3.50. The molecular formula is C11H9BrClN3. The fourth-order valence-corrected chi connectivity index (χ4v) is 1.86. The molecule has 3 nitrogen and oxygen atoms in total. The summed E-state index contributed by atoms with van der Waals surface area (Å²) in [5.41, 5.74) is 1.14. The summed E-state index contributed by atoms with van der Waals surface area (Å²) in [6.07, 6.45) is 3.17. The van der Waals surface area contributed by atoms with Crippen molar-refractivity contribution in [3.8, 4) is 0 Å². The molecule has 0 radical (unpaired) electrons. The molecule has 0 aliphatic rings. The van der Waals surface area contributed by atoms with E-state index < -0.39 is 0 Å². The molecule has 0 saturated heterocycles. The number of halogens is 2. The summed E-state index contributed by atoms with van der Waals surface area (Å²) < 4.78 is 1.06. The van der Waals surface area contributed by atoms with Gasteiger partial charge in [0.25, 0.3) is 0 Å². The highest BCUT2D eigenvalue weighted by atomic mass is 79.9. The van der Waals surface area contributed by atoms with E-state index in [0.717, 1.165) is 10.0 Å². The first-order valence-electron chi connectivity index (χ1n) is 4.71. The monoisotopic (exact) mass is 297 g/mol. The van der Waals surface area contributed by atoms with Crippen LogP contribution in [0.3, 0.4) is 0 Å². The van der Waals surface area contributed by atoms with Crippen molar-refractivity contribution in [2.45, 2.75) is 6.54 Å². The summed E-state index contributed by atoms with van der Waals surface area (Å²) in [5, 5.41) is 3.52. The molecular weight excluding hydrogens is 289 g/mol. The topological polar surface area (TPSA) is 37.8 Å². The zero-order chi connectivity index (χ0) is 11.4. The third-order valence-corrected chi connectivity index (χ3v) is 3.11. The molecule has 0 aliphatic carbocycles. The molecule has 5 heteroatoms. The molecule has 1 aromatic carbocycles. The van der Waals surface area contributed by atoms with Gasteiger partial charge in [-0.15, -0.1) is 0 Å². The second-order valence-electron chi connectivity index (χ2n) is 3.14. The Morgan fingerprint density at radius 2 is 1.94 bits per heavy atom. The summed E-state index contributed by atoms with van der Waals surface area (Å²) in [6, 6.07) is 7.99. The first-order chi connectivity index (χ1) is 7.77. The number of aromatic nitrogens is 2. The molecule has 0 unspecified atom stereocenters. The predicted molar refractivity (Wildman–Crippen MR) is 68.5 cm³/mol. The molecule has 0 bridgehead atoms. The number of hydrogen-bond donors (Lipinski definition) is 1. The minimum atomic E-state index is 0.384. The van der Waals surface area contributed by atoms with Crippen LogP contribution in [0.25, 0.3) is 0 Å². The van der Waals surface area contributed by atoms with Gasteiger partial charge in [0.05, 0.1) is 0 Å². The average Bonchev–Trinajstić information content (AvgIpc) is 2.30. The van der Waals surface area contributed by atoms with Crippen molar-refractivity contribution in [2.75, 3.05) is 5.32 Å². The van der Waals surface area contributed by atoms with E-state index in [2.05, 4.69) is 31.2 Å². The van der Waals surface area contributed by atoms with Gasteiger partial charge in [0, 0.05) is 23.4 Å². The van der Waals surface area contributed by atoms with Crippen LogP contribution in [-0.2, 0) is 6.54 Å². The van der Waals surface area contributed by atoms with Crippen molar-refractivity contribution < 1.29 is 0 Å². The van der Waals surface area contributed by atoms with Gasteiger partial charge in [-0.1, -0.05) is 45.7 Å². The lowest BCUT2D eigenvalue weighted by Crippen LogP contribution is -2.03. The lowest BCUT2D eigenvalue weighted by atomic mass is 10.2. The number of nitrogens with one attached hydrogen (secondary N) is 1. The smallest absolute Gasteiger partial charge is 0.171 e. The number of rotatable bonds is 3. The Morgan fingerprint density at radius 1 is 1.19 bits per heavy atom. The van der Waals surface area contributed by atoms with E-state index in [1.54, 1.807) is 12.4 Å². The summed E-state index contributed by atoms with van der Waals surface area (Å²) in [4.78, 5) is 8.04. The van der Waals surface area contributed by atoms with Crippen molar-refractivity contribution in [3.05, 3.63) is 51.8 Å². The minimum Gasteiger partial charge on any atom is -0.363 e. The fourth-order valence-electron chi connectivity index (χ4n) is 1.26. The Bertz CT molecular complexity index is 445. The van der Waals surface area contributed by atoms with Crippen LogP contribution in [0.2, 0.25) is 5.15 Å². The Labute approximate surface area is 107 Å². The first kappa shape index (κ1) is 11.4. The SMILES string of the molecule is Clc1nccnc1NCc1ccccc1Br. The van der Waals surface area contributed by atoms with Crippen molar-refractivity contribution >= 4 is 33.3 Å². The molecule has 0 aliphatic heterocycles. The van der Waals surface area contributed by atoms with Crippen LogP contribution in [0.4, 0.5) is 5.82 Å². The summed E-state index contributed by atoms with van der Waals surface area (Å²) in [5.74, 6) is 0.597. The lowest BCUT2D eigenvalue weighted by Gasteiger charge is -2.07. The fraction of sp³-hybridized carbons (Fsp3) is 0.0909. The van der Waals surface area contributed by atoms with Crippen LogP contribution in [0.1, 0.15) is 5.56 Å². The zero-order valence-corrected chi connectivity index (χ0v) is 10.7. The zero-order valence-electron chi connectivity index (χ0n) is 8.32. The third-order valence-electron chi connectivity index (χ3n) is 2.06. The van der Waals surface area contributed by atoms with Gasteiger partial charge in [-0.3, -0.25) is 0 Å². The minimum absolute atomic E-state index is 0.384. The molecule has 0 fully saturated rings. The van der Waals surface area contributed by atoms with E-state index in [4.69, 9.17) is 11.6 Å².